The van der Waals surface area contributed by atoms with Crippen molar-refractivity contribution in [3.8, 4) is 0 Å². The third kappa shape index (κ3) is 3.28. The van der Waals surface area contributed by atoms with E-state index in [-0.39, 0.29) is 5.56 Å². The Balaban J connectivity index is 2.23. The van der Waals surface area contributed by atoms with E-state index in [1.54, 1.807) is 13.2 Å². The molecule has 1 fully saturated rings. The van der Waals surface area contributed by atoms with Crippen molar-refractivity contribution in [1.82, 2.24) is 0 Å². The molecule has 1 saturated carbocycles. The Hall–Kier alpha value is -1.62. The molecule has 4 nitrogen and oxygen atoms in total. The van der Waals surface area contributed by atoms with Gasteiger partial charge in [-0.25, -0.2) is 9.18 Å². The molecule has 5 heteroatoms. The average molecular weight is 281 g/mol. The summed E-state index contributed by atoms with van der Waals surface area (Å²) in [5.74, 6) is -1.30. The quantitative estimate of drug-likeness (QED) is 0.835. The van der Waals surface area contributed by atoms with Crippen LogP contribution in [-0.4, -0.2) is 37.4 Å². The zero-order valence-electron chi connectivity index (χ0n) is 11.8. The van der Waals surface area contributed by atoms with Crippen molar-refractivity contribution in [2.75, 3.05) is 25.2 Å². The standard InChI is InChI=1S/C15H20FNO3/c1-10(11-3-4-11)17(7-8-20-2)12-5-6-13(15(18)19)14(16)9-12/h5-6,9-11H,3-4,7-8H2,1-2H3,(H,18,19). The van der Waals surface area contributed by atoms with Gasteiger partial charge in [0.1, 0.15) is 5.82 Å². The maximum Gasteiger partial charge on any atom is 0.338 e. The van der Waals surface area contributed by atoms with Crippen LogP contribution in [0.5, 0.6) is 0 Å². The van der Waals surface area contributed by atoms with Crippen LogP contribution in [0.3, 0.4) is 0 Å². The molecule has 2 rings (SSSR count). The van der Waals surface area contributed by atoms with Crippen molar-refractivity contribution in [3.05, 3.63) is 29.6 Å². The van der Waals surface area contributed by atoms with Crippen LogP contribution in [0.1, 0.15) is 30.1 Å². The molecule has 0 bridgehead atoms. The number of benzene rings is 1. The summed E-state index contributed by atoms with van der Waals surface area (Å²) in [6, 6.07) is 4.60. The van der Waals surface area contributed by atoms with Crippen LogP contribution in [0.2, 0.25) is 0 Å². The fraction of sp³-hybridized carbons (Fsp3) is 0.533. The monoisotopic (exact) mass is 281 g/mol. The number of nitrogens with zero attached hydrogens (tertiary/aromatic N) is 1. The lowest BCUT2D eigenvalue weighted by Crippen LogP contribution is -2.37. The summed E-state index contributed by atoms with van der Waals surface area (Å²) < 4.78 is 18.9. The van der Waals surface area contributed by atoms with Crippen LogP contribution in [0, 0.1) is 11.7 Å². The first kappa shape index (κ1) is 14.8. The van der Waals surface area contributed by atoms with Crippen molar-refractivity contribution in [2.45, 2.75) is 25.8 Å². The zero-order chi connectivity index (χ0) is 14.7. The first-order valence-electron chi connectivity index (χ1n) is 6.83. The number of halogens is 1. The smallest absolute Gasteiger partial charge is 0.338 e. The number of carbonyl (C=O) groups is 1. The molecule has 1 unspecified atom stereocenters. The predicted molar refractivity (Wildman–Crippen MR) is 74.8 cm³/mol. The molecular formula is C15H20FNO3. The van der Waals surface area contributed by atoms with Gasteiger partial charge in [0.2, 0.25) is 0 Å². The Kier molecular flexibility index (Phi) is 4.60. The number of methoxy groups -OCH3 is 1. The third-order valence-corrected chi connectivity index (χ3v) is 3.85. The largest absolute Gasteiger partial charge is 0.478 e. The molecule has 0 aliphatic heterocycles. The number of carboxylic acid groups (broad SMARTS) is 1. The van der Waals surface area contributed by atoms with Crippen LogP contribution in [0.4, 0.5) is 10.1 Å². The molecule has 1 N–H and O–H groups in total. The molecule has 1 aromatic rings. The molecule has 0 radical (unpaired) electrons. The van der Waals surface area contributed by atoms with Crippen LogP contribution in [-0.2, 0) is 4.74 Å². The van der Waals surface area contributed by atoms with Gasteiger partial charge in [0.15, 0.2) is 0 Å². The van der Waals surface area contributed by atoms with Crippen molar-refractivity contribution >= 4 is 11.7 Å². The van der Waals surface area contributed by atoms with Crippen LogP contribution in [0.25, 0.3) is 0 Å². The number of carboxylic acids is 1. The molecule has 0 heterocycles. The number of hydrogen-bond acceptors (Lipinski definition) is 3. The Morgan fingerprint density at radius 3 is 2.75 bits per heavy atom. The molecule has 110 valence electrons. The van der Waals surface area contributed by atoms with E-state index in [9.17, 15) is 9.18 Å². The molecule has 0 amide bonds. The SMILES string of the molecule is COCCN(c1ccc(C(=O)O)c(F)c1)C(C)C1CC1. The summed E-state index contributed by atoms with van der Waals surface area (Å²) in [6.07, 6.45) is 2.39. The second kappa shape index (κ2) is 6.22. The van der Waals surface area contributed by atoms with Crippen LogP contribution >= 0.6 is 0 Å². The summed E-state index contributed by atoms with van der Waals surface area (Å²) in [7, 11) is 1.63. The second-order valence-corrected chi connectivity index (χ2v) is 5.23. The van der Waals surface area contributed by atoms with Gasteiger partial charge >= 0.3 is 5.97 Å². The number of rotatable bonds is 7. The molecular weight excluding hydrogens is 261 g/mol. The van der Waals surface area contributed by atoms with Gasteiger partial charge in [0.25, 0.3) is 0 Å². The molecule has 1 aliphatic rings. The number of aromatic carboxylic acids is 1. The first-order chi connectivity index (χ1) is 9.54. The van der Waals surface area contributed by atoms with E-state index in [1.807, 2.05) is 0 Å². The average Bonchev–Trinajstić information content (AvgIpc) is 3.22. The zero-order valence-corrected chi connectivity index (χ0v) is 11.8. The molecule has 0 spiro atoms. The van der Waals surface area contributed by atoms with Crippen molar-refractivity contribution in [3.63, 3.8) is 0 Å². The van der Waals surface area contributed by atoms with Crippen LogP contribution < -0.4 is 4.90 Å². The normalized spacial score (nSPS) is 15.9. The fourth-order valence-electron chi connectivity index (χ4n) is 2.45. The van der Waals surface area contributed by atoms with Gasteiger partial charge in [-0.15, -0.1) is 0 Å². The summed E-state index contributed by atoms with van der Waals surface area (Å²) >= 11 is 0. The van der Waals surface area contributed by atoms with Gasteiger partial charge in [0, 0.05) is 25.4 Å². The lowest BCUT2D eigenvalue weighted by molar-refractivity contribution is 0.0692. The van der Waals surface area contributed by atoms with Crippen molar-refractivity contribution in [1.29, 1.82) is 0 Å². The van der Waals surface area contributed by atoms with Gasteiger partial charge in [-0.2, -0.15) is 0 Å². The highest BCUT2D eigenvalue weighted by Gasteiger charge is 2.32. The molecule has 1 aliphatic carbocycles. The van der Waals surface area contributed by atoms with Gasteiger partial charge in [-0.3, -0.25) is 0 Å². The minimum Gasteiger partial charge on any atom is -0.478 e. The topological polar surface area (TPSA) is 49.8 Å². The molecule has 1 aromatic carbocycles. The maximum atomic E-state index is 13.8. The number of anilines is 1. The summed E-state index contributed by atoms with van der Waals surface area (Å²) in [4.78, 5) is 12.9. The maximum absolute atomic E-state index is 13.8. The van der Waals surface area contributed by atoms with E-state index < -0.39 is 11.8 Å². The predicted octanol–water partition coefficient (Wildman–Crippen LogP) is 2.78. The van der Waals surface area contributed by atoms with Gasteiger partial charge in [-0.1, -0.05) is 0 Å². The minimum absolute atomic E-state index is 0.292. The van der Waals surface area contributed by atoms with E-state index in [4.69, 9.17) is 9.84 Å². The highest BCUT2D eigenvalue weighted by Crippen LogP contribution is 2.37. The van der Waals surface area contributed by atoms with Gasteiger partial charge < -0.3 is 14.7 Å². The number of hydrogen-bond donors (Lipinski definition) is 1. The Labute approximate surface area is 118 Å². The lowest BCUT2D eigenvalue weighted by atomic mass is 10.1. The Bertz CT molecular complexity index is 488. The first-order valence-corrected chi connectivity index (χ1v) is 6.83. The number of ether oxygens (including phenoxy) is 1. The second-order valence-electron chi connectivity index (χ2n) is 5.23. The summed E-state index contributed by atoms with van der Waals surface area (Å²) in [6.45, 7) is 3.34. The summed E-state index contributed by atoms with van der Waals surface area (Å²) in [5, 5.41) is 8.87. The van der Waals surface area contributed by atoms with Gasteiger partial charge in [-0.05, 0) is 43.9 Å². The lowest BCUT2D eigenvalue weighted by Gasteiger charge is -2.31. The Morgan fingerprint density at radius 2 is 2.25 bits per heavy atom. The third-order valence-electron chi connectivity index (χ3n) is 3.85. The minimum atomic E-state index is -1.24. The van der Waals surface area contributed by atoms with Crippen LogP contribution in [0.15, 0.2) is 18.2 Å². The molecule has 0 saturated heterocycles. The van der Waals surface area contributed by atoms with E-state index >= 15 is 0 Å². The van der Waals surface area contributed by atoms with E-state index in [1.165, 1.54) is 25.0 Å². The van der Waals surface area contributed by atoms with Crippen molar-refractivity contribution in [2.24, 2.45) is 5.92 Å². The van der Waals surface area contributed by atoms with E-state index in [0.717, 1.165) is 0 Å². The van der Waals surface area contributed by atoms with E-state index in [0.29, 0.717) is 30.8 Å². The molecule has 0 aromatic heterocycles. The fourth-order valence-corrected chi connectivity index (χ4v) is 2.45. The molecule has 1 atom stereocenters. The van der Waals surface area contributed by atoms with E-state index in [2.05, 4.69) is 11.8 Å². The van der Waals surface area contributed by atoms with Gasteiger partial charge in [0.05, 0.1) is 12.2 Å². The highest BCUT2D eigenvalue weighted by molar-refractivity contribution is 5.88. The molecule has 20 heavy (non-hydrogen) atoms. The Morgan fingerprint density at radius 1 is 1.55 bits per heavy atom. The van der Waals surface area contributed by atoms with Crippen molar-refractivity contribution < 1.29 is 19.0 Å². The highest BCUT2D eigenvalue weighted by atomic mass is 19.1. The summed E-state index contributed by atoms with van der Waals surface area (Å²) in [5.41, 5.74) is 0.420.